The zero-order valence-electron chi connectivity index (χ0n) is 6.63. The molecule has 1 rings (SSSR count). The average molecular weight is 129 g/mol. The Kier molecular flexibility index (Phi) is 19.4. The third kappa shape index (κ3) is 11.1. The smallest absolute Gasteiger partial charge is 0.152 e. The zero-order chi connectivity index (χ0) is 7.54. The van der Waals surface area contributed by atoms with Gasteiger partial charge < -0.3 is 0 Å². The fourth-order valence-corrected chi connectivity index (χ4v) is 0.183. The quantitative estimate of drug-likeness (QED) is 0.482. The van der Waals surface area contributed by atoms with E-state index in [0.29, 0.717) is 6.67 Å². The van der Waals surface area contributed by atoms with Gasteiger partial charge in [0, 0.05) is 0 Å². The molecule has 3 nitrogen and oxygen atoms in total. The predicted molar refractivity (Wildman–Crippen MR) is 40.9 cm³/mol. The Labute approximate surface area is 56.9 Å². The molecule has 0 unspecified atom stereocenters. The van der Waals surface area contributed by atoms with Crippen molar-refractivity contribution in [2.24, 2.45) is 15.2 Å². The van der Waals surface area contributed by atoms with Crippen molar-refractivity contribution in [1.29, 1.82) is 0 Å². The normalized spacial score (nSPS) is 11.1. The van der Waals surface area contributed by atoms with E-state index in [4.69, 9.17) is 0 Å². The second-order valence-electron chi connectivity index (χ2n) is 0.696. The minimum Gasteiger partial charge on any atom is -0.246 e. The molecule has 0 amide bonds. The van der Waals surface area contributed by atoms with Crippen LogP contribution in [-0.4, -0.2) is 13.0 Å². The number of nitrogens with zero attached hydrogens (tertiary/aromatic N) is 3. The van der Waals surface area contributed by atoms with Crippen molar-refractivity contribution in [1.82, 2.24) is 0 Å². The number of hydrogen-bond donors (Lipinski definition) is 0. The van der Waals surface area contributed by atoms with Crippen LogP contribution in [0.1, 0.15) is 27.7 Å². The molecule has 0 aromatic carbocycles. The molecule has 0 N–H and O–H groups in total. The van der Waals surface area contributed by atoms with Gasteiger partial charge in [-0.15, -0.1) is 5.11 Å². The van der Waals surface area contributed by atoms with Crippen molar-refractivity contribution < 1.29 is 0 Å². The van der Waals surface area contributed by atoms with Gasteiger partial charge >= 0.3 is 0 Å². The monoisotopic (exact) mass is 129 g/mol. The Balaban J connectivity index is 0. The second kappa shape index (κ2) is 15.7. The summed E-state index contributed by atoms with van der Waals surface area (Å²) in [6.45, 7) is 8.53. The Morgan fingerprint density at radius 2 is 1.67 bits per heavy atom. The third-order valence-electron chi connectivity index (χ3n) is 0.360. The van der Waals surface area contributed by atoms with E-state index in [1.54, 1.807) is 0 Å². The number of rotatable bonds is 0. The van der Waals surface area contributed by atoms with Crippen LogP contribution in [0.25, 0.3) is 0 Å². The van der Waals surface area contributed by atoms with Crippen molar-refractivity contribution in [2.45, 2.75) is 27.7 Å². The molecule has 0 saturated heterocycles. The van der Waals surface area contributed by atoms with Crippen LogP contribution in [0.3, 0.4) is 0 Å². The molecule has 1 aliphatic heterocycles. The first-order chi connectivity index (χ1) is 4.50. The highest BCUT2D eigenvalue weighted by molar-refractivity contribution is 5.55. The van der Waals surface area contributed by atoms with E-state index in [-0.39, 0.29) is 0 Å². The van der Waals surface area contributed by atoms with E-state index >= 15 is 0 Å². The van der Waals surface area contributed by atoms with Crippen LogP contribution in [0.5, 0.6) is 0 Å². The van der Waals surface area contributed by atoms with Gasteiger partial charge in [0.1, 0.15) is 6.34 Å². The van der Waals surface area contributed by atoms with Crippen molar-refractivity contribution in [3.8, 4) is 0 Å². The SMILES string of the molecule is C1=NCN=N1.CC.CC. The Morgan fingerprint density at radius 3 is 1.78 bits per heavy atom. The molecule has 0 radical (unpaired) electrons. The summed E-state index contributed by atoms with van der Waals surface area (Å²) in [6, 6.07) is 0. The summed E-state index contributed by atoms with van der Waals surface area (Å²) < 4.78 is 0. The maximum absolute atomic E-state index is 3.62. The molecule has 3 heteroatoms. The number of azo groups is 1. The summed E-state index contributed by atoms with van der Waals surface area (Å²) in [5.74, 6) is 0. The predicted octanol–water partition coefficient (Wildman–Crippen LogP) is 2.49. The lowest BCUT2D eigenvalue weighted by Crippen LogP contribution is -1.54. The molecular weight excluding hydrogens is 114 g/mol. The highest BCUT2D eigenvalue weighted by Crippen LogP contribution is 1.80. The average Bonchev–Trinajstić information content (AvgIpc) is 2.51. The van der Waals surface area contributed by atoms with E-state index in [1.165, 1.54) is 6.34 Å². The van der Waals surface area contributed by atoms with Gasteiger partial charge in [0.05, 0.1) is 0 Å². The zero-order valence-corrected chi connectivity index (χ0v) is 6.63. The third-order valence-corrected chi connectivity index (χ3v) is 0.360. The largest absolute Gasteiger partial charge is 0.246 e. The molecule has 0 fully saturated rings. The van der Waals surface area contributed by atoms with Crippen molar-refractivity contribution in [2.75, 3.05) is 6.67 Å². The standard InChI is InChI=1S/C2H3N3.2C2H6/c1-3-2-5-4-1;2*1-2/h1H,2H2;2*1-2H3. The summed E-state index contributed by atoms with van der Waals surface area (Å²) in [5, 5.41) is 6.90. The van der Waals surface area contributed by atoms with E-state index in [0.717, 1.165) is 0 Å². The second-order valence-corrected chi connectivity index (χ2v) is 0.696. The van der Waals surface area contributed by atoms with Crippen LogP contribution in [0.15, 0.2) is 15.2 Å². The Hall–Kier alpha value is -0.730. The molecule has 0 bridgehead atoms. The summed E-state index contributed by atoms with van der Waals surface area (Å²) in [7, 11) is 0. The van der Waals surface area contributed by atoms with Crippen LogP contribution in [-0.2, 0) is 0 Å². The first-order valence-corrected chi connectivity index (χ1v) is 3.35. The highest BCUT2D eigenvalue weighted by atomic mass is 15.2. The van der Waals surface area contributed by atoms with E-state index in [9.17, 15) is 0 Å². The molecular formula is C6H15N3. The minimum absolute atomic E-state index is 0.528. The molecule has 0 saturated carbocycles. The maximum atomic E-state index is 3.62. The first kappa shape index (κ1) is 11.1. The summed E-state index contributed by atoms with van der Waals surface area (Å²) in [4.78, 5) is 3.62. The molecule has 0 aliphatic carbocycles. The molecule has 1 aliphatic rings. The summed E-state index contributed by atoms with van der Waals surface area (Å²) in [5.41, 5.74) is 0. The summed E-state index contributed by atoms with van der Waals surface area (Å²) >= 11 is 0. The van der Waals surface area contributed by atoms with Gasteiger partial charge in [0.25, 0.3) is 0 Å². The molecule has 0 aromatic heterocycles. The van der Waals surface area contributed by atoms with E-state index in [1.807, 2.05) is 27.7 Å². The fourth-order valence-electron chi connectivity index (χ4n) is 0.183. The highest BCUT2D eigenvalue weighted by Gasteiger charge is 1.74. The lowest BCUT2D eigenvalue weighted by Gasteiger charge is -1.57. The maximum Gasteiger partial charge on any atom is 0.152 e. The van der Waals surface area contributed by atoms with Crippen LogP contribution in [0.4, 0.5) is 0 Å². The van der Waals surface area contributed by atoms with Crippen LogP contribution >= 0.6 is 0 Å². The van der Waals surface area contributed by atoms with Gasteiger partial charge in [-0.25, -0.2) is 4.99 Å². The minimum atomic E-state index is 0.528. The van der Waals surface area contributed by atoms with Crippen molar-refractivity contribution >= 4 is 6.34 Å². The van der Waals surface area contributed by atoms with Gasteiger partial charge in [-0.1, -0.05) is 27.7 Å². The van der Waals surface area contributed by atoms with Gasteiger partial charge in [0.2, 0.25) is 0 Å². The van der Waals surface area contributed by atoms with Gasteiger partial charge in [-0.05, 0) is 0 Å². The number of aliphatic imine (C=N–C) groups is 1. The molecule has 54 valence electrons. The van der Waals surface area contributed by atoms with E-state index in [2.05, 4.69) is 15.2 Å². The molecule has 0 atom stereocenters. The lowest BCUT2D eigenvalue weighted by molar-refractivity contribution is 1.05. The topological polar surface area (TPSA) is 37.1 Å². The van der Waals surface area contributed by atoms with Crippen LogP contribution in [0, 0.1) is 0 Å². The fraction of sp³-hybridized carbons (Fsp3) is 0.833. The Bertz CT molecular complexity index is 66.4. The van der Waals surface area contributed by atoms with E-state index < -0.39 is 0 Å². The Morgan fingerprint density at radius 1 is 1.11 bits per heavy atom. The summed E-state index contributed by atoms with van der Waals surface area (Å²) in [6.07, 6.45) is 1.44. The van der Waals surface area contributed by atoms with Gasteiger partial charge in [-0.2, -0.15) is 5.11 Å². The first-order valence-electron chi connectivity index (χ1n) is 3.35. The van der Waals surface area contributed by atoms with Crippen LogP contribution in [0.2, 0.25) is 0 Å². The molecule has 0 spiro atoms. The van der Waals surface area contributed by atoms with Crippen LogP contribution < -0.4 is 0 Å². The van der Waals surface area contributed by atoms with Crippen molar-refractivity contribution in [3.63, 3.8) is 0 Å². The molecule has 9 heavy (non-hydrogen) atoms. The van der Waals surface area contributed by atoms with Crippen molar-refractivity contribution in [3.05, 3.63) is 0 Å². The molecule has 1 heterocycles. The molecule has 0 aromatic rings. The van der Waals surface area contributed by atoms with Gasteiger partial charge in [0.15, 0.2) is 6.67 Å². The van der Waals surface area contributed by atoms with Gasteiger partial charge in [-0.3, -0.25) is 0 Å². The lowest BCUT2D eigenvalue weighted by atomic mass is 11.0. The number of hydrogen-bond acceptors (Lipinski definition) is 3.